The number of nitrogens with zero attached hydrogens (tertiary/aromatic N) is 3. The molecule has 2 aromatic heterocycles. The molecule has 1 atom stereocenters. The summed E-state index contributed by atoms with van der Waals surface area (Å²) in [5.74, 6) is -0.767. The SMILES string of the molecule is C=C(O)c1c(-c2ccc([C@H]3CCCN3)cc2F)nc2sc3cc(C(=O)NCCCN4CCC(F)CC4)ccc3n12. The quantitative estimate of drug-likeness (QED) is 0.184. The highest BCUT2D eigenvalue weighted by atomic mass is 32.1. The van der Waals surface area contributed by atoms with Crippen molar-refractivity contribution in [2.75, 3.05) is 32.7 Å². The van der Waals surface area contributed by atoms with E-state index in [1.807, 2.05) is 18.2 Å². The summed E-state index contributed by atoms with van der Waals surface area (Å²) < 4.78 is 31.2. The fraction of sp³-hybridized carbons (Fsp3) is 0.400. The molecule has 4 aromatic rings. The lowest BCUT2D eigenvalue weighted by molar-refractivity contribution is 0.0950. The van der Waals surface area contributed by atoms with Crippen molar-refractivity contribution in [1.29, 1.82) is 0 Å². The first kappa shape index (κ1) is 26.9. The number of halogens is 2. The third kappa shape index (κ3) is 5.23. The first-order chi connectivity index (χ1) is 19.4. The van der Waals surface area contributed by atoms with Crippen molar-refractivity contribution in [3.8, 4) is 11.3 Å². The fourth-order valence-electron chi connectivity index (χ4n) is 5.81. The maximum absolute atomic E-state index is 15.3. The second-order valence-corrected chi connectivity index (χ2v) is 11.7. The van der Waals surface area contributed by atoms with Crippen molar-refractivity contribution in [1.82, 2.24) is 24.9 Å². The van der Waals surface area contributed by atoms with Gasteiger partial charge in [0.1, 0.15) is 29.1 Å². The van der Waals surface area contributed by atoms with Gasteiger partial charge >= 0.3 is 0 Å². The normalized spacial score (nSPS) is 18.6. The van der Waals surface area contributed by atoms with Crippen molar-refractivity contribution >= 4 is 38.2 Å². The summed E-state index contributed by atoms with van der Waals surface area (Å²) in [6.07, 6.45) is 3.33. The smallest absolute Gasteiger partial charge is 0.251 e. The largest absolute Gasteiger partial charge is 0.506 e. The number of hydrogen-bond donors (Lipinski definition) is 3. The number of carbonyl (C=O) groups is 1. The zero-order valence-electron chi connectivity index (χ0n) is 22.3. The van der Waals surface area contributed by atoms with Crippen LogP contribution in [0.25, 0.3) is 32.2 Å². The molecule has 2 aromatic carbocycles. The van der Waals surface area contributed by atoms with E-state index in [0.717, 1.165) is 61.2 Å². The van der Waals surface area contributed by atoms with Gasteiger partial charge in [-0.2, -0.15) is 0 Å². The maximum atomic E-state index is 15.3. The van der Waals surface area contributed by atoms with Gasteiger partial charge in [-0.1, -0.05) is 24.0 Å². The standard InChI is InChI=1S/C30H33F2N5O2S/c1-18(38)28-27(22-7-5-19(16-23(22)32)24-4-2-11-33-24)35-30-37(28)25-8-6-20(17-26(25)40-30)29(39)34-12-3-13-36-14-9-21(31)10-15-36/h5-8,16-17,21,24,33,38H,1-4,9-15H2,(H,34,39)/t24-/m1/s1. The van der Waals surface area contributed by atoms with Crippen molar-refractivity contribution in [2.45, 2.75) is 44.3 Å². The Labute approximate surface area is 235 Å². The Morgan fingerprint density at radius 3 is 2.75 bits per heavy atom. The van der Waals surface area contributed by atoms with Crippen molar-refractivity contribution in [3.05, 3.63) is 65.6 Å². The first-order valence-electron chi connectivity index (χ1n) is 13.9. The number of alkyl halides is 1. The Morgan fingerprint density at radius 1 is 1.20 bits per heavy atom. The molecule has 0 bridgehead atoms. The molecule has 3 N–H and O–H groups in total. The molecule has 0 radical (unpaired) electrons. The van der Waals surface area contributed by atoms with Gasteiger partial charge in [-0.15, -0.1) is 0 Å². The molecule has 0 spiro atoms. The molecule has 2 aliphatic heterocycles. The van der Waals surface area contributed by atoms with Gasteiger partial charge in [-0.05, 0) is 81.1 Å². The average molecular weight is 566 g/mol. The number of thiazole rings is 1. The molecule has 7 nitrogen and oxygen atoms in total. The third-order valence-corrected chi connectivity index (χ3v) is 8.95. The second kappa shape index (κ2) is 11.3. The van der Waals surface area contributed by atoms with Crippen LogP contribution >= 0.6 is 11.3 Å². The predicted octanol–water partition coefficient (Wildman–Crippen LogP) is 5.86. The summed E-state index contributed by atoms with van der Waals surface area (Å²) in [6, 6.07) is 10.7. The molecular weight excluding hydrogens is 532 g/mol. The van der Waals surface area contributed by atoms with Crippen LogP contribution in [0.3, 0.4) is 0 Å². The van der Waals surface area contributed by atoms with Crippen LogP contribution in [0.2, 0.25) is 0 Å². The Morgan fingerprint density at radius 2 is 2.02 bits per heavy atom. The Kier molecular flexibility index (Phi) is 7.57. The summed E-state index contributed by atoms with van der Waals surface area (Å²) in [7, 11) is 0. The zero-order valence-corrected chi connectivity index (χ0v) is 23.1. The van der Waals surface area contributed by atoms with E-state index in [1.165, 1.54) is 11.3 Å². The number of likely N-dealkylation sites (tertiary alicyclic amines) is 1. The number of fused-ring (bicyclic) bond motifs is 3. The van der Waals surface area contributed by atoms with E-state index >= 15 is 4.39 Å². The third-order valence-electron chi connectivity index (χ3n) is 7.95. The molecule has 0 unspecified atom stereocenters. The van der Waals surface area contributed by atoms with Crippen LogP contribution in [-0.4, -0.2) is 64.2 Å². The van der Waals surface area contributed by atoms with Gasteiger partial charge in [-0.3, -0.25) is 9.20 Å². The number of aromatic nitrogens is 2. The van der Waals surface area contributed by atoms with Gasteiger partial charge < -0.3 is 20.6 Å². The van der Waals surface area contributed by atoms with Crippen LogP contribution in [-0.2, 0) is 0 Å². The molecule has 2 aliphatic rings. The number of hydrogen-bond acceptors (Lipinski definition) is 6. The lowest BCUT2D eigenvalue weighted by Gasteiger charge is -2.28. The summed E-state index contributed by atoms with van der Waals surface area (Å²) >= 11 is 1.37. The molecular formula is C30H33F2N5O2S. The second-order valence-electron chi connectivity index (χ2n) is 10.7. The fourth-order valence-corrected chi connectivity index (χ4v) is 6.87. The van der Waals surface area contributed by atoms with Crippen LogP contribution in [0, 0.1) is 5.82 Å². The zero-order chi connectivity index (χ0) is 27.8. The van der Waals surface area contributed by atoms with E-state index in [-0.39, 0.29) is 17.7 Å². The molecule has 210 valence electrons. The van der Waals surface area contributed by atoms with Gasteiger partial charge in [0.05, 0.1) is 10.2 Å². The van der Waals surface area contributed by atoms with Gasteiger partial charge in [0.25, 0.3) is 5.91 Å². The Balaban J connectivity index is 1.21. The molecule has 10 heteroatoms. The van der Waals surface area contributed by atoms with Crippen LogP contribution in [0.1, 0.15) is 59.8 Å². The summed E-state index contributed by atoms with van der Waals surface area (Å²) in [5.41, 5.74) is 3.16. The molecule has 40 heavy (non-hydrogen) atoms. The molecule has 6 rings (SSSR count). The number of aliphatic hydroxyl groups is 1. The highest BCUT2D eigenvalue weighted by molar-refractivity contribution is 7.23. The number of amides is 1. The minimum atomic E-state index is -0.684. The number of imidazole rings is 1. The van der Waals surface area contributed by atoms with Crippen LogP contribution < -0.4 is 10.6 Å². The van der Waals surface area contributed by atoms with E-state index in [2.05, 4.69) is 22.1 Å². The van der Waals surface area contributed by atoms with Gasteiger partial charge in [0.2, 0.25) is 0 Å². The van der Waals surface area contributed by atoms with E-state index in [0.29, 0.717) is 46.9 Å². The molecule has 0 saturated carbocycles. The van der Waals surface area contributed by atoms with E-state index in [9.17, 15) is 14.3 Å². The van der Waals surface area contributed by atoms with Crippen LogP contribution in [0.5, 0.6) is 0 Å². The van der Waals surface area contributed by atoms with Gasteiger partial charge in [0.15, 0.2) is 4.96 Å². The van der Waals surface area contributed by atoms with E-state index in [4.69, 9.17) is 4.98 Å². The van der Waals surface area contributed by atoms with Crippen LogP contribution in [0.15, 0.2) is 43.0 Å². The number of piperidine rings is 1. The van der Waals surface area contributed by atoms with Gasteiger partial charge in [0, 0.05) is 36.8 Å². The number of nitrogens with one attached hydrogen (secondary N) is 2. The van der Waals surface area contributed by atoms with E-state index in [1.54, 1.807) is 22.6 Å². The van der Waals surface area contributed by atoms with Gasteiger partial charge in [-0.25, -0.2) is 13.8 Å². The molecule has 2 saturated heterocycles. The van der Waals surface area contributed by atoms with Crippen molar-refractivity contribution in [3.63, 3.8) is 0 Å². The first-order valence-corrected chi connectivity index (χ1v) is 14.7. The Hall–Kier alpha value is -3.34. The summed E-state index contributed by atoms with van der Waals surface area (Å²) in [6.45, 7) is 7.58. The number of rotatable bonds is 8. The average Bonchev–Trinajstić information content (AvgIpc) is 3.67. The molecule has 4 heterocycles. The Bertz CT molecular complexity index is 1570. The monoisotopic (exact) mass is 565 g/mol. The number of aliphatic hydroxyl groups excluding tert-OH is 1. The highest BCUT2D eigenvalue weighted by Crippen LogP contribution is 2.37. The van der Waals surface area contributed by atoms with Crippen molar-refractivity contribution in [2.24, 2.45) is 0 Å². The van der Waals surface area contributed by atoms with E-state index < -0.39 is 12.0 Å². The summed E-state index contributed by atoms with van der Waals surface area (Å²) in [5, 5.41) is 16.9. The molecule has 0 aliphatic carbocycles. The number of benzene rings is 2. The highest BCUT2D eigenvalue weighted by Gasteiger charge is 2.24. The maximum Gasteiger partial charge on any atom is 0.251 e. The number of carbonyl (C=O) groups excluding carboxylic acids is 1. The topological polar surface area (TPSA) is 81.9 Å². The lowest BCUT2D eigenvalue weighted by Crippen LogP contribution is -2.36. The minimum Gasteiger partial charge on any atom is -0.506 e. The van der Waals surface area contributed by atoms with Crippen LogP contribution in [0.4, 0.5) is 8.78 Å². The van der Waals surface area contributed by atoms with Crippen molar-refractivity contribution < 1.29 is 18.7 Å². The lowest BCUT2D eigenvalue weighted by atomic mass is 10.0. The predicted molar refractivity (Wildman–Crippen MR) is 155 cm³/mol. The minimum absolute atomic E-state index is 0.150. The summed E-state index contributed by atoms with van der Waals surface area (Å²) in [4.78, 5) is 20.3. The molecule has 2 fully saturated rings. The molecule has 1 amide bonds.